The number of carbonyl (C=O) groups is 2. The minimum Gasteiger partial charge on any atom is -0.494 e. The van der Waals surface area contributed by atoms with Gasteiger partial charge < -0.3 is 29.7 Å². The van der Waals surface area contributed by atoms with Gasteiger partial charge in [0.15, 0.2) is 0 Å². The van der Waals surface area contributed by atoms with Gasteiger partial charge >= 0.3 is 6.03 Å². The quantitative estimate of drug-likeness (QED) is 0.101. The van der Waals surface area contributed by atoms with Gasteiger partial charge in [0.25, 0.3) is 0 Å². The van der Waals surface area contributed by atoms with Crippen molar-refractivity contribution in [2.45, 2.75) is 25.3 Å². The van der Waals surface area contributed by atoms with E-state index >= 15 is 0 Å². The van der Waals surface area contributed by atoms with Gasteiger partial charge in [-0.1, -0.05) is 36.4 Å². The number of benzene rings is 4. The molecule has 0 aliphatic carbocycles. The summed E-state index contributed by atoms with van der Waals surface area (Å²) in [5.74, 6) is 1.31. The number of halogens is 1. The molecule has 0 unspecified atom stereocenters. The van der Waals surface area contributed by atoms with Gasteiger partial charge in [0.05, 0.1) is 29.2 Å². The van der Waals surface area contributed by atoms with Crippen LogP contribution in [0.3, 0.4) is 0 Å². The van der Waals surface area contributed by atoms with Crippen molar-refractivity contribution >= 4 is 80.5 Å². The van der Waals surface area contributed by atoms with Gasteiger partial charge in [0.1, 0.15) is 18.7 Å². The fourth-order valence-electron chi connectivity index (χ4n) is 9.02. The number of urea groups is 1. The highest BCUT2D eigenvalue weighted by Gasteiger charge is 2.30. The molecule has 0 atom stereocenters. The van der Waals surface area contributed by atoms with Crippen LogP contribution in [-0.4, -0.2) is 109 Å². The summed E-state index contributed by atoms with van der Waals surface area (Å²) in [7, 11) is 0.900. The Bertz CT molecular complexity index is 2750. The van der Waals surface area contributed by atoms with E-state index in [1.165, 1.54) is 0 Å². The first-order valence-corrected chi connectivity index (χ1v) is 25.3. The van der Waals surface area contributed by atoms with Gasteiger partial charge in [0.2, 0.25) is 11.9 Å². The van der Waals surface area contributed by atoms with Crippen LogP contribution in [0.4, 0.5) is 45.0 Å². The third-order valence-electron chi connectivity index (χ3n) is 12.5. The summed E-state index contributed by atoms with van der Waals surface area (Å²) in [6.45, 7) is 9.55. The van der Waals surface area contributed by atoms with Crippen LogP contribution in [0.5, 0.6) is 5.75 Å². The van der Waals surface area contributed by atoms with Crippen molar-refractivity contribution in [1.29, 1.82) is 0 Å². The molecule has 336 valence electrons. The van der Waals surface area contributed by atoms with Crippen LogP contribution in [0, 0.1) is 0 Å². The highest BCUT2D eigenvalue weighted by Crippen LogP contribution is 2.43. The molecule has 0 spiro atoms. The van der Waals surface area contributed by atoms with E-state index in [2.05, 4.69) is 80.9 Å². The summed E-state index contributed by atoms with van der Waals surface area (Å²) in [4.78, 5) is 42.6. The van der Waals surface area contributed by atoms with Gasteiger partial charge in [0, 0.05) is 117 Å². The number of ether oxygens (including phenoxy) is 1. The Kier molecular flexibility index (Phi) is 12.7. The lowest BCUT2D eigenvalue weighted by Gasteiger charge is -2.44. The highest BCUT2D eigenvalue weighted by atomic mass is 79.9. The number of hydrogen-bond acceptors (Lipinski definition) is 12. The van der Waals surface area contributed by atoms with Crippen molar-refractivity contribution in [2.24, 2.45) is 7.05 Å². The van der Waals surface area contributed by atoms with Crippen molar-refractivity contribution in [3.05, 3.63) is 108 Å². The monoisotopic (exact) mass is 957 g/mol. The molecular weight excluding hydrogens is 905 g/mol. The van der Waals surface area contributed by atoms with E-state index in [4.69, 9.17) is 9.72 Å². The molecular formula is C48H53BrN11O4P. The van der Waals surface area contributed by atoms with Crippen LogP contribution in [0.1, 0.15) is 19.3 Å². The molecule has 2 aromatic heterocycles. The molecule has 17 heteroatoms. The van der Waals surface area contributed by atoms with E-state index in [0.29, 0.717) is 52.4 Å². The molecule has 3 amide bonds. The van der Waals surface area contributed by atoms with Crippen LogP contribution in [0.25, 0.3) is 22.3 Å². The smallest absolute Gasteiger partial charge is 0.328 e. The highest BCUT2D eigenvalue weighted by molar-refractivity contribution is 9.10. The number of aromatic nitrogens is 4. The van der Waals surface area contributed by atoms with Gasteiger partial charge in [-0.15, -0.1) is 0 Å². The summed E-state index contributed by atoms with van der Waals surface area (Å²) in [6.07, 6.45) is 7.99. The maximum atomic E-state index is 13.6. The summed E-state index contributed by atoms with van der Waals surface area (Å²) in [5, 5.41) is 14.5. The SMILES string of the molecule is COc1cc(N2CCC(N3CCN(c4ccc(N5CCC(=O)NC5=O)cc4)CC3)CC2)c(-c2cnn(C)c2)cc1Nc1ncc(Br)c(Nc2ccc(-c3ccccc3)cc2P(C)(C)=O)n1. The number of carbonyl (C=O) groups excluding carboxylic acids is 2. The average Bonchev–Trinajstić information content (AvgIpc) is 3.76. The van der Waals surface area contributed by atoms with Crippen molar-refractivity contribution in [3.63, 3.8) is 0 Å². The molecule has 3 fully saturated rings. The molecule has 6 aromatic rings. The van der Waals surface area contributed by atoms with E-state index in [0.717, 1.165) is 96.7 Å². The average molecular weight is 959 g/mol. The van der Waals surface area contributed by atoms with E-state index in [9.17, 15) is 14.2 Å². The first-order valence-electron chi connectivity index (χ1n) is 21.9. The van der Waals surface area contributed by atoms with Crippen LogP contribution in [0.2, 0.25) is 0 Å². The number of nitrogens with zero attached hydrogens (tertiary/aromatic N) is 8. The summed E-state index contributed by atoms with van der Waals surface area (Å²) >= 11 is 3.64. The first kappa shape index (κ1) is 44.0. The zero-order chi connectivity index (χ0) is 45.2. The summed E-state index contributed by atoms with van der Waals surface area (Å²) < 4.78 is 22.1. The van der Waals surface area contributed by atoms with E-state index in [-0.39, 0.29) is 11.9 Å². The number of piperidine rings is 1. The molecule has 0 saturated carbocycles. The second kappa shape index (κ2) is 18.7. The lowest BCUT2D eigenvalue weighted by atomic mass is 9.98. The molecule has 15 nitrogen and oxygen atoms in total. The molecule has 3 saturated heterocycles. The number of anilines is 7. The Morgan fingerprint density at radius 1 is 0.785 bits per heavy atom. The van der Waals surface area contributed by atoms with Crippen LogP contribution < -0.4 is 40.7 Å². The van der Waals surface area contributed by atoms with Crippen molar-refractivity contribution in [3.8, 4) is 28.0 Å². The molecule has 3 aliphatic heterocycles. The number of methoxy groups -OCH3 is 1. The number of hydrogen-bond donors (Lipinski definition) is 3. The van der Waals surface area contributed by atoms with E-state index < -0.39 is 7.14 Å². The van der Waals surface area contributed by atoms with E-state index in [1.807, 2.05) is 84.8 Å². The Morgan fingerprint density at radius 3 is 2.20 bits per heavy atom. The van der Waals surface area contributed by atoms with Crippen molar-refractivity contribution in [2.75, 3.05) is 91.6 Å². The maximum absolute atomic E-state index is 13.6. The predicted molar refractivity (Wildman–Crippen MR) is 263 cm³/mol. The molecule has 65 heavy (non-hydrogen) atoms. The minimum absolute atomic E-state index is 0.230. The molecule has 0 bridgehead atoms. The lowest BCUT2D eigenvalue weighted by Crippen LogP contribution is -2.53. The standard InChI is InChI=1S/C48H53BrN11O4P/c1-56-31-34(29-51-56)38-27-41(53-47-50-30-39(49)46(55-47)52-40-15-10-33(26-44(40)65(3,4)63)32-8-6-5-7-9-32)43(64-2)28-42(38)59-19-16-36(17-20-59)58-24-22-57(23-25-58)35-11-13-37(14-12-35)60-21-18-45(61)54-48(60)62/h5-15,26-31,36H,16-25H2,1-4H3,(H,54,61,62)(H2,50,52,53,55). The Morgan fingerprint density at radius 2 is 1.52 bits per heavy atom. The second-order valence-corrected chi connectivity index (χ2v) is 21.1. The molecule has 9 rings (SSSR count). The molecule has 5 heterocycles. The Balaban J connectivity index is 0.886. The zero-order valence-corrected chi connectivity index (χ0v) is 39.5. The Labute approximate surface area is 387 Å². The van der Waals surface area contributed by atoms with Crippen LogP contribution >= 0.6 is 23.1 Å². The van der Waals surface area contributed by atoms with Crippen molar-refractivity contribution < 1.29 is 18.9 Å². The zero-order valence-electron chi connectivity index (χ0n) is 37.0. The fourth-order valence-corrected chi connectivity index (χ4v) is 10.5. The fraction of sp³-hybridized carbons (Fsp3) is 0.312. The number of piperazine rings is 1. The van der Waals surface area contributed by atoms with Gasteiger partial charge in [-0.05, 0) is 95.7 Å². The minimum atomic E-state index is -2.70. The second-order valence-electron chi connectivity index (χ2n) is 17.1. The van der Waals surface area contributed by atoms with Crippen molar-refractivity contribution in [1.82, 2.24) is 30.0 Å². The number of imide groups is 1. The summed E-state index contributed by atoms with van der Waals surface area (Å²) in [5.41, 5.74) is 8.49. The summed E-state index contributed by atoms with van der Waals surface area (Å²) in [6, 6.07) is 28.4. The van der Waals surface area contributed by atoms with E-state index in [1.54, 1.807) is 31.5 Å². The van der Waals surface area contributed by atoms with Gasteiger partial charge in [-0.3, -0.25) is 24.6 Å². The number of nitrogens with one attached hydrogen (secondary N) is 3. The third-order valence-corrected chi connectivity index (χ3v) is 14.6. The van der Waals surface area contributed by atoms with Gasteiger partial charge in [-0.2, -0.15) is 10.1 Å². The molecule has 3 N–H and O–H groups in total. The molecule has 4 aromatic carbocycles. The largest absolute Gasteiger partial charge is 0.494 e. The van der Waals surface area contributed by atoms with Gasteiger partial charge in [-0.25, -0.2) is 9.78 Å². The first-order chi connectivity index (χ1) is 31.4. The van der Waals surface area contributed by atoms with Crippen LogP contribution in [0.15, 0.2) is 108 Å². The predicted octanol–water partition coefficient (Wildman–Crippen LogP) is 8.29. The molecule has 0 radical (unpaired) electrons. The Hall–Kier alpha value is -6.22. The lowest BCUT2D eigenvalue weighted by molar-refractivity contribution is -0.120. The third kappa shape index (κ3) is 9.75. The number of aryl methyl sites for hydroxylation is 1. The normalized spacial score (nSPS) is 16.4. The molecule has 3 aliphatic rings. The topological polar surface area (TPSA) is 153 Å². The number of amides is 3. The maximum Gasteiger partial charge on any atom is 0.328 e. The number of rotatable bonds is 12. The van der Waals surface area contributed by atoms with Crippen LogP contribution in [-0.2, 0) is 16.4 Å².